The maximum absolute atomic E-state index is 11.2. The molecule has 5 heteroatoms. The first-order chi connectivity index (χ1) is 10.8. The van der Waals surface area contributed by atoms with E-state index in [0.29, 0.717) is 22.7 Å². The Kier molecular flexibility index (Phi) is 6.66. The fraction of sp³-hybridized carbons (Fsp3) is 0.278. The number of rotatable bonds is 3. The molecule has 0 saturated carbocycles. The number of carbonyl (C=O) groups excluding carboxylic acids is 1. The molecule has 124 valence electrons. The maximum Gasteiger partial charge on any atom is 0.218 e. The van der Waals surface area contributed by atoms with Crippen LogP contribution < -0.4 is 4.90 Å². The van der Waals surface area contributed by atoms with E-state index in [1.54, 1.807) is 37.5 Å². The summed E-state index contributed by atoms with van der Waals surface area (Å²) in [7, 11) is 1.71. The lowest BCUT2D eigenvalue weighted by molar-refractivity contribution is -0.107. The molecule has 0 radical (unpaired) electrons. The van der Waals surface area contributed by atoms with E-state index < -0.39 is 0 Å². The molecule has 1 aliphatic heterocycles. The van der Waals surface area contributed by atoms with Crippen molar-refractivity contribution in [3.8, 4) is 5.75 Å². The molecule has 0 atom stereocenters. The van der Waals surface area contributed by atoms with Crippen LogP contribution in [0.15, 0.2) is 59.0 Å². The molecule has 0 unspecified atom stereocenters. The third-order valence-electron chi connectivity index (χ3n) is 3.05. The van der Waals surface area contributed by atoms with Crippen LogP contribution in [0.1, 0.15) is 20.8 Å². The molecule has 0 fully saturated rings. The van der Waals surface area contributed by atoms with Crippen molar-refractivity contribution in [1.82, 2.24) is 0 Å². The second kappa shape index (κ2) is 8.04. The van der Waals surface area contributed by atoms with Crippen molar-refractivity contribution < 1.29 is 14.6 Å². The number of aromatic hydroxyl groups is 1. The third kappa shape index (κ3) is 4.74. The first-order valence-corrected chi connectivity index (χ1v) is 7.89. The minimum Gasteiger partial charge on any atom is -0.507 e. The molecule has 23 heavy (non-hydrogen) atoms. The van der Waals surface area contributed by atoms with E-state index in [9.17, 15) is 9.90 Å². The number of nitrogens with zero attached hydrogens (tertiary/aromatic N) is 1. The lowest BCUT2D eigenvalue weighted by atomic mass is 10.2. The van der Waals surface area contributed by atoms with E-state index >= 15 is 0 Å². The Labute approximate surface area is 142 Å². The Morgan fingerprint density at radius 3 is 2.30 bits per heavy atom. The van der Waals surface area contributed by atoms with Crippen LogP contribution in [0, 0.1) is 0 Å². The summed E-state index contributed by atoms with van der Waals surface area (Å²) in [6.45, 7) is 13.5. The highest BCUT2D eigenvalue weighted by Crippen LogP contribution is 2.47. The van der Waals surface area contributed by atoms with Crippen LogP contribution in [0.2, 0.25) is 0 Å². The molecule has 0 aliphatic carbocycles. The molecular weight excluding hydrogens is 310 g/mol. The summed E-state index contributed by atoms with van der Waals surface area (Å²) in [6, 6.07) is 5.07. The van der Waals surface area contributed by atoms with Gasteiger partial charge in [-0.05, 0) is 39.0 Å². The van der Waals surface area contributed by atoms with Gasteiger partial charge in [0.15, 0.2) is 0 Å². The van der Waals surface area contributed by atoms with E-state index in [1.807, 2.05) is 20.8 Å². The highest BCUT2D eigenvalue weighted by atomic mass is 32.2. The van der Waals surface area contributed by atoms with Crippen molar-refractivity contribution in [3.05, 3.63) is 54.1 Å². The summed E-state index contributed by atoms with van der Waals surface area (Å²) >= 11 is 1.38. The van der Waals surface area contributed by atoms with Crippen molar-refractivity contribution in [2.24, 2.45) is 0 Å². The molecular formula is C18H23NO3S. The minimum absolute atomic E-state index is 0.0417. The smallest absolute Gasteiger partial charge is 0.218 e. The average Bonchev–Trinajstić information content (AvgIpc) is 2.53. The Morgan fingerprint density at radius 2 is 1.87 bits per heavy atom. The Bertz CT molecular complexity index is 630. The minimum atomic E-state index is 0.0417. The summed E-state index contributed by atoms with van der Waals surface area (Å²) < 4.78 is 4.94. The van der Waals surface area contributed by atoms with Gasteiger partial charge in [-0.3, -0.25) is 9.69 Å². The Balaban J connectivity index is 0.000000379. The van der Waals surface area contributed by atoms with Gasteiger partial charge >= 0.3 is 0 Å². The van der Waals surface area contributed by atoms with Gasteiger partial charge in [-0.15, -0.1) is 0 Å². The molecule has 1 aliphatic rings. The fourth-order valence-corrected chi connectivity index (χ4v) is 2.71. The maximum atomic E-state index is 11.2. The summed E-state index contributed by atoms with van der Waals surface area (Å²) in [4.78, 5) is 14.1. The lowest BCUT2D eigenvalue weighted by Crippen LogP contribution is -2.23. The first kappa shape index (κ1) is 19.1. The molecule has 1 aromatic carbocycles. The summed E-state index contributed by atoms with van der Waals surface area (Å²) in [6.07, 6.45) is 3.96. The first-order valence-electron chi connectivity index (χ1n) is 7.07. The van der Waals surface area contributed by atoms with Crippen LogP contribution in [-0.4, -0.2) is 24.2 Å². The molecule has 1 heterocycles. The van der Waals surface area contributed by atoms with E-state index in [-0.39, 0.29) is 11.4 Å². The Hall–Kier alpha value is -1.98. The molecule has 0 spiro atoms. The number of amides is 1. The highest BCUT2D eigenvalue weighted by Gasteiger charge is 2.24. The largest absolute Gasteiger partial charge is 0.507 e. The second-order valence-corrected chi connectivity index (χ2v) is 6.73. The number of phenols is 1. The van der Waals surface area contributed by atoms with Crippen LogP contribution in [0.5, 0.6) is 5.75 Å². The zero-order chi connectivity index (χ0) is 17.6. The molecule has 0 bridgehead atoms. The van der Waals surface area contributed by atoms with E-state index in [1.165, 1.54) is 16.7 Å². The van der Waals surface area contributed by atoms with Crippen LogP contribution in [-0.2, 0) is 9.53 Å². The zero-order valence-electron chi connectivity index (χ0n) is 14.0. The monoisotopic (exact) mass is 333 g/mol. The van der Waals surface area contributed by atoms with Crippen LogP contribution in [0.25, 0.3) is 0 Å². The summed E-state index contributed by atoms with van der Waals surface area (Å²) in [5.41, 5.74) is 1.38. The van der Waals surface area contributed by atoms with E-state index in [0.717, 1.165) is 4.91 Å². The zero-order valence-corrected chi connectivity index (χ0v) is 14.8. The van der Waals surface area contributed by atoms with Crippen LogP contribution >= 0.6 is 11.8 Å². The number of anilines is 1. The number of allylic oxidation sites excluding steroid dienone is 2. The number of thioether (sulfide) groups is 1. The van der Waals surface area contributed by atoms with Crippen molar-refractivity contribution >= 4 is 23.9 Å². The number of fused-ring (bicyclic) bond motifs is 1. The van der Waals surface area contributed by atoms with E-state index in [4.69, 9.17) is 4.74 Å². The van der Waals surface area contributed by atoms with Gasteiger partial charge in [0.05, 0.1) is 21.9 Å². The number of hydrogen-bond acceptors (Lipinski definition) is 4. The second-order valence-electron chi connectivity index (χ2n) is 5.68. The van der Waals surface area contributed by atoms with Gasteiger partial charge in [0.25, 0.3) is 0 Å². The molecule has 4 nitrogen and oxygen atoms in total. The van der Waals surface area contributed by atoms with Gasteiger partial charge in [-0.1, -0.05) is 37.1 Å². The van der Waals surface area contributed by atoms with Gasteiger partial charge in [-0.25, -0.2) is 0 Å². The van der Waals surface area contributed by atoms with Crippen molar-refractivity contribution in [2.45, 2.75) is 31.3 Å². The molecule has 0 saturated heterocycles. The topological polar surface area (TPSA) is 49.8 Å². The van der Waals surface area contributed by atoms with Gasteiger partial charge in [0, 0.05) is 12.0 Å². The van der Waals surface area contributed by atoms with E-state index in [2.05, 4.69) is 13.2 Å². The van der Waals surface area contributed by atoms with Gasteiger partial charge < -0.3 is 9.84 Å². The predicted octanol–water partition coefficient (Wildman–Crippen LogP) is 4.48. The van der Waals surface area contributed by atoms with Gasteiger partial charge in [0.1, 0.15) is 5.75 Å². The molecule has 0 aromatic heterocycles. The van der Waals surface area contributed by atoms with Crippen molar-refractivity contribution in [3.63, 3.8) is 0 Å². The standard InChI is InChI=1S/C13H11NO2S.C5H12O/c1-3-9-12(4-2)17-13-10(14(9)8-15)6-5-7-11(13)16;1-5(2,3)6-4/h3-8,16H,1-2H2;1-4H3. The predicted molar refractivity (Wildman–Crippen MR) is 96.7 cm³/mol. The number of phenolic OH excluding ortho intramolecular Hbond substituents is 1. The summed E-state index contributed by atoms with van der Waals surface area (Å²) in [5, 5.41) is 9.80. The number of ether oxygens (including phenoxy) is 1. The van der Waals surface area contributed by atoms with Crippen molar-refractivity contribution in [1.29, 1.82) is 0 Å². The number of carbonyl (C=O) groups is 1. The number of methoxy groups -OCH3 is 1. The number of benzene rings is 1. The highest BCUT2D eigenvalue weighted by molar-refractivity contribution is 8.03. The quantitative estimate of drug-likeness (QED) is 0.829. The van der Waals surface area contributed by atoms with Crippen LogP contribution in [0.3, 0.4) is 0 Å². The van der Waals surface area contributed by atoms with Gasteiger partial charge in [-0.2, -0.15) is 0 Å². The average molecular weight is 333 g/mol. The molecule has 1 N–H and O–H groups in total. The summed E-state index contributed by atoms with van der Waals surface area (Å²) in [5.74, 6) is 0.154. The molecule has 1 aromatic rings. The third-order valence-corrected chi connectivity index (χ3v) is 4.27. The fourth-order valence-electron chi connectivity index (χ4n) is 1.68. The lowest BCUT2D eigenvalue weighted by Gasteiger charge is -2.28. The van der Waals surface area contributed by atoms with Crippen molar-refractivity contribution in [2.75, 3.05) is 12.0 Å². The Morgan fingerprint density at radius 1 is 1.26 bits per heavy atom. The molecule has 1 amide bonds. The molecule has 2 rings (SSSR count). The van der Waals surface area contributed by atoms with Gasteiger partial charge in [0.2, 0.25) is 6.41 Å². The van der Waals surface area contributed by atoms with Crippen LogP contribution in [0.4, 0.5) is 5.69 Å². The SMILES string of the molecule is C=CC1=C(C=C)N(C=O)c2cccc(O)c2S1.COC(C)(C)C. The number of hydrogen-bond donors (Lipinski definition) is 1. The normalized spacial score (nSPS) is 13.7.